The second-order valence-corrected chi connectivity index (χ2v) is 2.96. The highest BCUT2D eigenvalue weighted by molar-refractivity contribution is 7.80. The maximum absolute atomic E-state index is 5.05. The number of nitrogens with one attached hydrogen (secondary N) is 1. The van der Waals surface area contributed by atoms with Crippen molar-refractivity contribution in [1.82, 2.24) is 5.32 Å². The fourth-order valence-corrected chi connectivity index (χ4v) is 0.979. The maximum Gasteiger partial charge on any atom is 0.257 e. The highest BCUT2D eigenvalue weighted by Crippen LogP contribution is 2.07. The quantitative estimate of drug-likeness (QED) is 0.554. The lowest BCUT2D eigenvalue weighted by atomic mass is 10.1. The zero-order valence-corrected chi connectivity index (χ0v) is 6.49. The molecule has 0 aromatic carbocycles. The maximum atomic E-state index is 5.05. The molecule has 0 aromatic heterocycles. The Morgan fingerprint density at radius 2 is 2.44 bits per heavy atom. The van der Waals surface area contributed by atoms with E-state index in [1.54, 1.807) is 0 Å². The van der Waals surface area contributed by atoms with Gasteiger partial charge in [0.2, 0.25) is 0 Å². The van der Waals surface area contributed by atoms with Crippen LogP contribution in [0.3, 0.4) is 0 Å². The molecule has 0 aromatic rings. The molecule has 1 aliphatic rings. The lowest BCUT2D eigenvalue weighted by molar-refractivity contribution is 0.304. The van der Waals surface area contributed by atoms with Crippen molar-refractivity contribution in [2.45, 2.75) is 19.9 Å². The predicted octanol–water partition coefficient (Wildman–Crippen LogP) is 0.916. The van der Waals surface area contributed by atoms with Crippen molar-refractivity contribution in [3.05, 3.63) is 0 Å². The molecular weight excluding hydrogens is 134 g/mol. The van der Waals surface area contributed by atoms with E-state index in [4.69, 9.17) is 17.0 Å². The number of thiocarbonyl (C=S) groups is 1. The summed E-state index contributed by atoms with van der Waals surface area (Å²) in [6, 6.07) is 0.428. The van der Waals surface area contributed by atoms with E-state index in [-0.39, 0.29) is 0 Å². The molecule has 1 rings (SSSR count). The minimum atomic E-state index is 0.428. The molecule has 0 amide bonds. The summed E-state index contributed by atoms with van der Waals surface area (Å²) < 4.78 is 5.05. The summed E-state index contributed by atoms with van der Waals surface area (Å²) in [4.78, 5) is 0. The van der Waals surface area contributed by atoms with Gasteiger partial charge in [-0.1, -0.05) is 13.8 Å². The molecule has 0 radical (unpaired) electrons. The number of hydrogen-bond acceptors (Lipinski definition) is 2. The normalized spacial score (nSPS) is 26.1. The van der Waals surface area contributed by atoms with Crippen molar-refractivity contribution in [1.29, 1.82) is 0 Å². The van der Waals surface area contributed by atoms with Crippen LogP contribution in [0, 0.1) is 5.92 Å². The fraction of sp³-hybridized carbons (Fsp3) is 0.833. The van der Waals surface area contributed by atoms with E-state index in [1.807, 2.05) is 0 Å². The van der Waals surface area contributed by atoms with Gasteiger partial charge in [0.05, 0.1) is 6.04 Å². The van der Waals surface area contributed by atoms with E-state index in [0.29, 0.717) is 17.1 Å². The molecule has 1 atom stereocenters. The lowest BCUT2D eigenvalue weighted by Crippen LogP contribution is -2.30. The Labute approximate surface area is 60.6 Å². The summed E-state index contributed by atoms with van der Waals surface area (Å²) in [6.07, 6.45) is 0. The van der Waals surface area contributed by atoms with Gasteiger partial charge in [0, 0.05) is 0 Å². The van der Waals surface area contributed by atoms with Crippen LogP contribution in [-0.2, 0) is 4.74 Å². The Balaban J connectivity index is 2.39. The van der Waals surface area contributed by atoms with Crippen molar-refractivity contribution >= 4 is 17.4 Å². The average molecular weight is 145 g/mol. The van der Waals surface area contributed by atoms with E-state index >= 15 is 0 Å². The molecule has 1 saturated heterocycles. The van der Waals surface area contributed by atoms with E-state index < -0.39 is 0 Å². The van der Waals surface area contributed by atoms with Crippen molar-refractivity contribution in [3.63, 3.8) is 0 Å². The molecule has 2 nitrogen and oxygen atoms in total. The Bertz CT molecular complexity index is 124. The van der Waals surface area contributed by atoms with Crippen LogP contribution in [0.4, 0.5) is 0 Å². The summed E-state index contributed by atoms with van der Waals surface area (Å²) in [5.74, 6) is 0.602. The van der Waals surface area contributed by atoms with E-state index in [1.165, 1.54) is 0 Å². The molecule has 1 fully saturated rings. The largest absolute Gasteiger partial charge is 0.469 e. The second-order valence-electron chi connectivity index (χ2n) is 2.59. The van der Waals surface area contributed by atoms with Crippen LogP contribution in [0.2, 0.25) is 0 Å². The highest BCUT2D eigenvalue weighted by atomic mass is 32.1. The van der Waals surface area contributed by atoms with Crippen LogP contribution in [0.15, 0.2) is 0 Å². The third-order valence-corrected chi connectivity index (χ3v) is 1.74. The SMILES string of the molecule is CC(C)[C@H]1COC(=S)N1. The van der Waals surface area contributed by atoms with Crippen LogP contribution in [-0.4, -0.2) is 17.8 Å². The molecule has 0 spiro atoms. The molecular formula is C6H11NOS. The fourth-order valence-electron chi connectivity index (χ4n) is 0.759. The third-order valence-electron chi connectivity index (χ3n) is 1.50. The zero-order chi connectivity index (χ0) is 6.85. The Morgan fingerprint density at radius 3 is 2.67 bits per heavy atom. The first-order valence-electron chi connectivity index (χ1n) is 3.13. The Kier molecular flexibility index (Phi) is 1.90. The van der Waals surface area contributed by atoms with Gasteiger partial charge in [-0.25, -0.2) is 0 Å². The highest BCUT2D eigenvalue weighted by Gasteiger charge is 2.21. The summed E-state index contributed by atoms with van der Waals surface area (Å²) in [5, 5.41) is 3.61. The van der Waals surface area contributed by atoms with Crippen LogP contribution in [0.5, 0.6) is 0 Å². The second kappa shape index (κ2) is 2.52. The van der Waals surface area contributed by atoms with E-state index in [9.17, 15) is 0 Å². The van der Waals surface area contributed by atoms with Gasteiger partial charge in [0.15, 0.2) is 0 Å². The van der Waals surface area contributed by atoms with Crippen molar-refractivity contribution in [3.8, 4) is 0 Å². The van der Waals surface area contributed by atoms with Crippen molar-refractivity contribution in [2.24, 2.45) is 5.92 Å². The molecule has 0 bridgehead atoms. The standard InChI is InChI=1S/C6H11NOS/c1-4(2)5-3-8-6(9)7-5/h4-5H,3H2,1-2H3,(H,7,9)/t5-/m1/s1. The molecule has 0 aliphatic carbocycles. The minimum Gasteiger partial charge on any atom is -0.469 e. The van der Waals surface area contributed by atoms with Crippen LogP contribution < -0.4 is 5.32 Å². The minimum absolute atomic E-state index is 0.428. The molecule has 52 valence electrons. The lowest BCUT2D eigenvalue weighted by Gasteiger charge is -2.10. The topological polar surface area (TPSA) is 21.3 Å². The smallest absolute Gasteiger partial charge is 0.257 e. The summed E-state index contributed by atoms with van der Waals surface area (Å²) in [6.45, 7) is 5.03. The first-order valence-corrected chi connectivity index (χ1v) is 3.54. The van der Waals surface area contributed by atoms with Crippen molar-refractivity contribution < 1.29 is 4.74 Å². The number of hydrogen-bond donors (Lipinski definition) is 1. The molecule has 0 unspecified atom stereocenters. The first-order chi connectivity index (χ1) is 4.20. The zero-order valence-electron chi connectivity index (χ0n) is 5.68. The first kappa shape index (κ1) is 6.81. The van der Waals surface area contributed by atoms with Gasteiger partial charge in [-0.3, -0.25) is 0 Å². The van der Waals surface area contributed by atoms with Gasteiger partial charge in [0.25, 0.3) is 5.17 Å². The van der Waals surface area contributed by atoms with Crippen molar-refractivity contribution in [2.75, 3.05) is 6.61 Å². The summed E-state index contributed by atoms with van der Waals surface area (Å²) >= 11 is 4.78. The predicted molar refractivity (Wildman–Crippen MR) is 40.3 cm³/mol. The van der Waals surface area contributed by atoms with Crippen LogP contribution >= 0.6 is 12.2 Å². The van der Waals surface area contributed by atoms with Gasteiger partial charge in [0.1, 0.15) is 6.61 Å². The molecule has 1 aliphatic heterocycles. The number of ether oxygens (including phenoxy) is 1. The van der Waals surface area contributed by atoms with Gasteiger partial charge < -0.3 is 10.1 Å². The molecule has 9 heavy (non-hydrogen) atoms. The van der Waals surface area contributed by atoms with Crippen LogP contribution in [0.25, 0.3) is 0 Å². The van der Waals surface area contributed by atoms with E-state index in [2.05, 4.69) is 19.2 Å². The number of rotatable bonds is 1. The average Bonchev–Trinajstić information content (AvgIpc) is 2.14. The molecule has 1 heterocycles. The van der Waals surface area contributed by atoms with E-state index in [0.717, 1.165) is 6.61 Å². The molecule has 0 saturated carbocycles. The summed E-state index contributed by atoms with van der Waals surface area (Å²) in [7, 11) is 0. The molecule has 1 N–H and O–H groups in total. The monoisotopic (exact) mass is 145 g/mol. The van der Waals surface area contributed by atoms with Gasteiger partial charge in [-0.05, 0) is 18.1 Å². The van der Waals surface area contributed by atoms with Gasteiger partial charge in [-0.15, -0.1) is 0 Å². The van der Waals surface area contributed by atoms with Gasteiger partial charge >= 0.3 is 0 Å². The Hall–Kier alpha value is -0.310. The van der Waals surface area contributed by atoms with Gasteiger partial charge in [-0.2, -0.15) is 0 Å². The molecule has 3 heteroatoms. The summed E-state index contributed by atoms with van der Waals surface area (Å²) in [5.41, 5.74) is 0. The third kappa shape index (κ3) is 1.55. The Morgan fingerprint density at radius 1 is 1.78 bits per heavy atom. The van der Waals surface area contributed by atoms with Crippen LogP contribution in [0.1, 0.15) is 13.8 Å².